The molecule has 1 unspecified atom stereocenters. The Hall–Kier alpha value is -2.12. The van der Waals surface area contributed by atoms with Crippen LogP contribution < -0.4 is 0 Å². The van der Waals surface area contributed by atoms with Gasteiger partial charge in [-0.25, -0.2) is 4.79 Å². The molecule has 0 aliphatic carbocycles. The van der Waals surface area contributed by atoms with Crippen molar-refractivity contribution in [3.8, 4) is 0 Å². The highest BCUT2D eigenvalue weighted by molar-refractivity contribution is 6.35. The Morgan fingerprint density at radius 2 is 1.57 bits per heavy atom. The summed E-state index contributed by atoms with van der Waals surface area (Å²) in [4.78, 5) is 48.7. The summed E-state index contributed by atoms with van der Waals surface area (Å²) in [7, 11) is 0. The van der Waals surface area contributed by atoms with Gasteiger partial charge in [0.15, 0.2) is 0 Å². The molecule has 0 saturated carbocycles. The zero-order valence-electron chi connectivity index (χ0n) is 11.5. The molecular formula is C13H18N2O6. The molecule has 8 nitrogen and oxygen atoms in total. The summed E-state index contributed by atoms with van der Waals surface area (Å²) >= 11 is 0. The lowest BCUT2D eigenvalue weighted by Crippen LogP contribution is -2.53. The SMILES string of the molecule is O=C(O)C1CCN(C(=O)C(=O)N2CCCC[C@H]2C(=O)O)C1. The molecule has 8 heteroatoms. The Bertz CT molecular complexity index is 477. The van der Waals surface area contributed by atoms with Crippen molar-refractivity contribution < 1.29 is 29.4 Å². The van der Waals surface area contributed by atoms with Crippen LogP contribution in [0.3, 0.4) is 0 Å². The van der Waals surface area contributed by atoms with Gasteiger partial charge in [0, 0.05) is 19.6 Å². The van der Waals surface area contributed by atoms with Crippen LogP contribution in [0.1, 0.15) is 25.7 Å². The first-order chi connectivity index (χ1) is 9.91. The molecule has 0 bridgehead atoms. The van der Waals surface area contributed by atoms with Gasteiger partial charge in [-0.2, -0.15) is 0 Å². The van der Waals surface area contributed by atoms with Crippen molar-refractivity contribution in [2.24, 2.45) is 5.92 Å². The summed E-state index contributed by atoms with van der Waals surface area (Å²) in [5, 5.41) is 18.0. The summed E-state index contributed by atoms with van der Waals surface area (Å²) in [6, 6.07) is -0.965. The predicted octanol–water partition coefficient (Wildman–Crippen LogP) is -0.615. The molecule has 0 aromatic carbocycles. The minimum atomic E-state index is -1.11. The third-order valence-corrected chi connectivity index (χ3v) is 4.06. The van der Waals surface area contributed by atoms with Gasteiger partial charge in [0.2, 0.25) is 0 Å². The van der Waals surface area contributed by atoms with E-state index in [-0.39, 0.29) is 19.6 Å². The molecule has 116 valence electrons. The molecule has 2 N–H and O–H groups in total. The number of carbonyl (C=O) groups excluding carboxylic acids is 2. The van der Waals surface area contributed by atoms with Gasteiger partial charge >= 0.3 is 23.8 Å². The van der Waals surface area contributed by atoms with E-state index in [0.29, 0.717) is 25.7 Å². The number of carboxylic acid groups (broad SMARTS) is 2. The molecule has 2 fully saturated rings. The number of likely N-dealkylation sites (tertiary alicyclic amines) is 2. The zero-order valence-corrected chi connectivity index (χ0v) is 11.5. The van der Waals surface area contributed by atoms with E-state index in [1.807, 2.05) is 0 Å². The second kappa shape index (κ2) is 6.11. The molecule has 2 atom stereocenters. The minimum Gasteiger partial charge on any atom is -0.481 e. The molecule has 2 rings (SSSR count). The highest BCUT2D eigenvalue weighted by atomic mass is 16.4. The third-order valence-electron chi connectivity index (χ3n) is 4.06. The fourth-order valence-corrected chi connectivity index (χ4v) is 2.84. The van der Waals surface area contributed by atoms with Crippen molar-refractivity contribution in [1.29, 1.82) is 0 Å². The second-order valence-electron chi connectivity index (χ2n) is 5.42. The smallest absolute Gasteiger partial charge is 0.326 e. The number of carboxylic acids is 2. The molecule has 2 heterocycles. The van der Waals surface area contributed by atoms with E-state index in [0.717, 1.165) is 4.90 Å². The summed E-state index contributed by atoms with van der Waals surface area (Å²) in [6.07, 6.45) is 2.03. The van der Waals surface area contributed by atoms with E-state index < -0.39 is 35.7 Å². The van der Waals surface area contributed by atoms with Crippen molar-refractivity contribution in [2.45, 2.75) is 31.7 Å². The van der Waals surface area contributed by atoms with Crippen LogP contribution in [0.25, 0.3) is 0 Å². The van der Waals surface area contributed by atoms with Crippen molar-refractivity contribution in [1.82, 2.24) is 9.80 Å². The molecule has 2 amide bonds. The maximum atomic E-state index is 12.2. The Balaban J connectivity index is 2.03. The van der Waals surface area contributed by atoms with Gasteiger partial charge in [0.1, 0.15) is 6.04 Å². The zero-order chi connectivity index (χ0) is 15.6. The summed E-state index contributed by atoms with van der Waals surface area (Å²) in [5.74, 6) is -4.39. The molecule has 0 aromatic heterocycles. The lowest BCUT2D eigenvalue weighted by Gasteiger charge is -2.33. The van der Waals surface area contributed by atoms with E-state index >= 15 is 0 Å². The summed E-state index contributed by atoms with van der Waals surface area (Å²) in [5.41, 5.74) is 0. The first-order valence-corrected chi connectivity index (χ1v) is 6.97. The summed E-state index contributed by atoms with van der Waals surface area (Å²) < 4.78 is 0. The number of carbonyl (C=O) groups is 4. The number of piperidine rings is 1. The Morgan fingerprint density at radius 3 is 2.14 bits per heavy atom. The number of hydrogen-bond acceptors (Lipinski definition) is 4. The lowest BCUT2D eigenvalue weighted by molar-refractivity contribution is -0.159. The summed E-state index contributed by atoms with van der Waals surface area (Å²) in [6.45, 7) is 0.469. The van der Waals surface area contributed by atoms with Gasteiger partial charge in [-0.1, -0.05) is 0 Å². The highest BCUT2D eigenvalue weighted by Crippen LogP contribution is 2.20. The maximum Gasteiger partial charge on any atom is 0.326 e. The highest BCUT2D eigenvalue weighted by Gasteiger charge is 2.39. The number of aliphatic carboxylic acids is 2. The minimum absolute atomic E-state index is 0.00544. The first-order valence-electron chi connectivity index (χ1n) is 6.97. The number of amides is 2. The maximum absolute atomic E-state index is 12.2. The van der Waals surface area contributed by atoms with Gasteiger partial charge in [-0.05, 0) is 25.7 Å². The van der Waals surface area contributed by atoms with Crippen LogP contribution in [0.2, 0.25) is 0 Å². The van der Waals surface area contributed by atoms with Gasteiger partial charge in [-0.15, -0.1) is 0 Å². The molecule has 21 heavy (non-hydrogen) atoms. The van der Waals surface area contributed by atoms with Crippen molar-refractivity contribution in [3.63, 3.8) is 0 Å². The first kappa shape index (κ1) is 15.3. The van der Waals surface area contributed by atoms with Gasteiger partial charge in [0.25, 0.3) is 0 Å². The normalized spacial score (nSPS) is 25.7. The monoisotopic (exact) mass is 298 g/mol. The molecule has 2 aliphatic rings. The average Bonchev–Trinajstić information content (AvgIpc) is 2.95. The van der Waals surface area contributed by atoms with Crippen LogP contribution in [-0.2, 0) is 19.2 Å². The fourth-order valence-electron chi connectivity index (χ4n) is 2.84. The molecule has 2 aliphatic heterocycles. The number of hydrogen-bond donors (Lipinski definition) is 2. The Morgan fingerprint density at radius 1 is 0.857 bits per heavy atom. The van der Waals surface area contributed by atoms with Crippen molar-refractivity contribution in [2.75, 3.05) is 19.6 Å². The molecule has 0 spiro atoms. The van der Waals surface area contributed by atoms with Crippen LogP contribution in [0.5, 0.6) is 0 Å². The average molecular weight is 298 g/mol. The van der Waals surface area contributed by atoms with Gasteiger partial charge < -0.3 is 20.0 Å². The number of rotatable bonds is 2. The molecule has 0 radical (unpaired) electrons. The van der Waals surface area contributed by atoms with Crippen molar-refractivity contribution in [3.05, 3.63) is 0 Å². The van der Waals surface area contributed by atoms with Gasteiger partial charge in [-0.3, -0.25) is 14.4 Å². The van der Waals surface area contributed by atoms with E-state index in [1.54, 1.807) is 0 Å². The molecule has 2 saturated heterocycles. The van der Waals surface area contributed by atoms with E-state index in [9.17, 15) is 19.2 Å². The van der Waals surface area contributed by atoms with Crippen LogP contribution in [-0.4, -0.2) is 69.4 Å². The molecular weight excluding hydrogens is 280 g/mol. The van der Waals surface area contributed by atoms with Crippen LogP contribution in [0.15, 0.2) is 0 Å². The Labute approximate surface area is 121 Å². The number of nitrogens with zero attached hydrogens (tertiary/aromatic N) is 2. The van der Waals surface area contributed by atoms with E-state index in [2.05, 4.69) is 0 Å². The van der Waals surface area contributed by atoms with Gasteiger partial charge in [0.05, 0.1) is 5.92 Å². The quantitative estimate of drug-likeness (QED) is 0.657. The third kappa shape index (κ3) is 3.14. The van der Waals surface area contributed by atoms with E-state index in [4.69, 9.17) is 10.2 Å². The Kier molecular flexibility index (Phi) is 4.44. The predicted molar refractivity (Wildman–Crippen MR) is 69.3 cm³/mol. The van der Waals surface area contributed by atoms with E-state index in [1.165, 1.54) is 4.90 Å². The topological polar surface area (TPSA) is 115 Å². The standard InChI is InChI=1S/C13H18N2O6/c16-10(14-6-4-8(7-14)12(18)19)11(17)15-5-2-1-3-9(15)13(20)21/h8-9H,1-7H2,(H,18,19)(H,20,21)/t8?,9-/m0/s1. The second-order valence-corrected chi connectivity index (χ2v) is 5.42. The van der Waals surface area contributed by atoms with Crippen LogP contribution in [0, 0.1) is 5.92 Å². The molecule has 0 aromatic rings. The van der Waals surface area contributed by atoms with Crippen LogP contribution >= 0.6 is 0 Å². The fraction of sp³-hybridized carbons (Fsp3) is 0.692. The largest absolute Gasteiger partial charge is 0.481 e. The van der Waals surface area contributed by atoms with Crippen molar-refractivity contribution >= 4 is 23.8 Å². The van der Waals surface area contributed by atoms with Crippen LogP contribution in [0.4, 0.5) is 0 Å². The lowest BCUT2D eigenvalue weighted by atomic mass is 10.0.